The van der Waals surface area contributed by atoms with Crippen LogP contribution in [0.2, 0.25) is 0 Å². The van der Waals surface area contributed by atoms with Gasteiger partial charge in [0.1, 0.15) is 83.0 Å². The number of hydrogen-bond acceptors (Lipinski definition) is 20. The van der Waals surface area contributed by atoms with Gasteiger partial charge in [-0.25, -0.2) is 41.1 Å². The third kappa shape index (κ3) is 20.6. The van der Waals surface area contributed by atoms with E-state index in [1.807, 2.05) is 50.2 Å². The van der Waals surface area contributed by atoms with Gasteiger partial charge in [-0.2, -0.15) is 0 Å². The summed E-state index contributed by atoms with van der Waals surface area (Å²) in [6, 6.07) is 10.0. The standard InChI is InChI=1S/C35H47N5O9S.C35H51N5O9S.2H2O.Pd/c1-9-21-18-35(21,31(43)39-50(45,46)24-11-12-24)38-28(41)26-17-23(48-29-25-13-10-22(47-8)16-20(25)14-15-36-29)19-40(26)30(42)27(33(2,3)4)37-32(44)49-34(5,6)7;1-11-22-18-35(22,31(43)39-50(45,46)20(2)3)38-28(41)26-17-24(48-29-25-13-12-23(47-10)16-21(25)14-15-36-29)19-40(26)30(42)27(33(4,5)6)37-32(44)49-34(7,8)9;;;/h10-11,13-16,21,23-24,26-27H,9,12,17-19H2,1-8H3,(H2-,37,38,39,41,43,44);12-16,20,22,24,26-27H,11,17-19H2,1-10H3,(H,37,44)(H,38,41)(H,39,43);2*1H2;/p+1/t21-,23-,24?,26+,27-,35-;22-,24-,26+,27-,35-;;;/m11.../s1. The molecule has 3 aliphatic carbocycles. The molecule has 2 aromatic carbocycles. The molecule has 1 unspecified atom stereocenters. The van der Waals surface area contributed by atoms with Gasteiger partial charge in [-0.15, -0.1) is 0 Å². The molecule has 4 aromatic rings. The normalized spacial score (nSPS) is 23.3. The minimum Gasteiger partial charge on any atom is -0.497 e. The van der Waals surface area contributed by atoms with Crippen LogP contribution in [0.4, 0.5) is 9.59 Å². The first-order valence-electron chi connectivity index (χ1n) is 33.8. The van der Waals surface area contributed by atoms with Crippen molar-refractivity contribution < 1.29 is 115 Å². The Morgan fingerprint density at radius 3 is 1.27 bits per heavy atom. The number of sulfonamides is 2. The second-order valence-corrected chi connectivity index (χ2v) is 34.9. The molecule has 0 radical (unpaired) electrons. The molecule has 5 fully saturated rings. The van der Waals surface area contributed by atoms with Crippen molar-refractivity contribution in [2.75, 3.05) is 27.3 Å². The van der Waals surface area contributed by atoms with Crippen molar-refractivity contribution in [2.24, 2.45) is 22.7 Å². The zero-order chi connectivity index (χ0) is 74.2. The van der Waals surface area contributed by atoms with E-state index < -0.39 is 148 Å². The molecule has 2 aliphatic heterocycles. The van der Waals surface area contributed by atoms with E-state index in [0.717, 1.165) is 10.8 Å². The maximum atomic E-state index is 14.4. The van der Waals surface area contributed by atoms with Gasteiger partial charge < -0.3 is 70.4 Å². The quantitative estimate of drug-likeness (QED) is 0.0432. The summed E-state index contributed by atoms with van der Waals surface area (Å²) in [5.74, 6) is -2.67. The molecule has 30 nitrogen and oxygen atoms in total. The molecule has 0 spiro atoms. The Kier molecular flexibility index (Phi) is 27.2. The van der Waals surface area contributed by atoms with E-state index in [0.29, 0.717) is 53.3 Å². The second-order valence-electron chi connectivity index (χ2n) is 30.8. The third-order valence-corrected chi connectivity index (χ3v) is 21.7. The summed E-state index contributed by atoms with van der Waals surface area (Å²) in [6.07, 6.45) is 3.72. The molecule has 103 heavy (non-hydrogen) atoms. The number of rotatable bonds is 22. The van der Waals surface area contributed by atoms with E-state index in [2.05, 4.69) is 40.7 Å². The van der Waals surface area contributed by atoms with Crippen LogP contribution in [0.1, 0.15) is 156 Å². The fourth-order valence-electron chi connectivity index (χ4n) is 12.4. The number of hydrogen-bond donors (Lipinski definition) is 6. The van der Waals surface area contributed by atoms with Crippen LogP contribution in [0, 0.1) is 29.1 Å². The van der Waals surface area contributed by atoms with Gasteiger partial charge in [-0.3, -0.25) is 33.5 Å². The minimum absolute atomic E-state index is 0. The SMILES string of the molecule is CC[C@@H]1C[C@]1(NC(=O)[C@@H]1C[C@@H](Oc2nccc3cc(OC)ccc23)CN1C(=O)[C@@H](NC(=O)OC(C)(C)C)C(C)(C)C)C(=O)NS(=O)(=O)C(C)C.CC[C@@H]1C[C@]1(NC(=O)[C@@H]1C[C@@H](Oc2nccc3cc(OC)ccc23)CN1C(=O)[C@@H](NC(=O)OC(C)(C)C)C(C)(C)C)C(=O)NS(=O)(=O)C1[CH+]C1.O.O.[Pd]. The van der Waals surface area contributed by atoms with Gasteiger partial charge in [0, 0.05) is 56.4 Å². The van der Waals surface area contributed by atoms with Crippen LogP contribution in [0.15, 0.2) is 60.9 Å². The largest absolute Gasteiger partial charge is 0.497 e. The number of fused-ring (bicyclic) bond motifs is 2. The Morgan fingerprint density at radius 2 is 0.961 bits per heavy atom. The van der Waals surface area contributed by atoms with E-state index in [4.69, 9.17) is 28.4 Å². The Labute approximate surface area is 616 Å². The Morgan fingerprint density at radius 1 is 0.592 bits per heavy atom. The van der Waals surface area contributed by atoms with Crippen molar-refractivity contribution in [3.05, 3.63) is 67.3 Å². The molecule has 3 saturated carbocycles. The summed E-state index contributed by atoms with van der Waals surface area (Å²) in [4.78, 5) is 122. The molecule has 11 atom stereocenters. The maximum absolute atomic E-state index is 14.4. The van der Waals surface area contributed by atoms with Gasteiger partial charge in [-0.1, -0.05) is 68.2 Å². The number of carbonyl (C=O) groups excluding carboxylic acids is 8. The molecule has 5 aliphatic rings. The van der Waals surface area contributed by atoms with Crippen LogP contribution >= 0.6 is 0 Å². The number of pyridine rings is 2. The van der Waals surface area contributed by atoms with E-state index in [-0.39, 0.29) is 82.0 Å². The summed E-state index contributed by atoms with van der Waals surface area (Å²) in [5, 5.41) is 12.5. The predicted molar refractivity (Wildman–Crippen MR) is 379 cm³/mol. The number of likely N-dealkylation sites (tertiary alicyclic amines) is 2. The fourth-order valence-corrected chi connectivity index (χ4v) is 14.3. The van der Waals surface area contributed by atoms with Crippen LogP contribution in [0.25, 0.3) is 21.5 Å². The zero-order valence-corrected chi connectivity index (χ0v) is 64.9. The molecule has 33 heteroatoms. The van der Waals surface area contributed by atoms with Gasteiger partial charge in [-0.05, 0) is 150 Å². The summed E-state index contributed by atoms with van der Waals surface area (Å²) >= 11 is 0. The molecule has 9 rings (SSSR count). The molecular formula is C70H103N10O20PdS2+. The minimum atomic E-state index is -3.97. The van der Waals surface area contributed by atoms with Gasteiger partial charge in [0.25, 0.3) is 27.1 Å². The smallest absolute Gasteiger partial charge is 0.408 e. The average molecular weight is 1580 g/mol. The summed E-state index contributed by atoms with van der Waals surface area (Å²) in [7, 11) is -4.75. The first kappa shape index (κ1) is 85.8. The Bertz CT molecular complexity index is 3780. The maximum Gasteiger partial charge on any atom is 0.408 e. The number of methoxy groups -OCH3 is 2. The topological polar surface area (TPSA) is 428 Å². The monoisotopic (exact) mass is 1570 g/mol. The summed E-state index contributed by atoms with van der Waals surface area (Å²) in [5.41, 5.74) is -6.16. The number of benzene rings is 2. The van der Waals surface area contributed by atoms with E-state index in [9.17, 15) is 55.2 Å². The van der Waals surface area contributed by atoms with Gasteiger partial charge >= 0.3 is 12.2 Å². The van der Waals surface area contributed by atoms with Gasteiger partial charge in [0.2, 0.25) is 45.4 Å². The molecule has 4 heterocycles. The molecule has 2 saturated heterocycles. The zero-order valence-electron chi connectivity index (χ0n) is 61.8. The van der Waals surface area contributed by atoms with Crippen LogP contribution in [0.5, 0.6) is 23.3 Å². The van der Waals surface area contributed by atoms with Crippen LogP contribution in [-0.4, -0.2) is 192 Å². The third-order valence-electron chi connectivity index (χ3n) is 18.3. The molecule has 10 N–H and O–H groups in total. The number of ether oxygens (including phenoxy) is 6. The summed E-state index contributed by atoms with van der Waals surface area (Å²) < 4.78 is 89.1. The second kappa shape index (κ2) is 32.7. The van der Waals surface area contributed by atoms with Crippen molar-refractivity contribution in [2.45, 2.75) is 225 Å². The number of nitrogens with zero attached hydrogens (tertiary/aromatic N) is 4. The summed E-state index contributed by atoms with van der Waals surface area (Å²) in [6.45, 7) is 27.5. The van der Waals surface area contributed by atoms with Crippen LogP contribution in [-0.2, 0) is 78.7 Å². The van der Waals surface area contributed by atoms with Crippen LogP contribution in [0.3, 0.4) is 0 Å². The molecule has 0 bridgehead atoms. The predicted octanol–water partition coefficient (Wildman–Crippen LogP) is 5.26. The van der Waals surface area contributed by atoms with Gasteiger partial charge in [0.15, 0.2) is 0 Å². The Hall–Kier alpha value is -7.83. The average Bonchev–Trinajstić information content (AvgIpc) is 1.58. The molecule has 2 aromatic heterocycles. The van der Waals surface area contributed by atoms with Crippen molar-refractivity contribution >= 4 is 89.2 Å². The van der Waals surface area contributed by atoms with Crippen molar-refractivity contribution in [3.63, 3.8) is 0 Å². The number of nitrogens with one attached hydrogen (secondary N) is 6. The van der Waals surface area contributed by atoms with Gasteiger partial charge in [0.05, 0.1) is 32.6 Å². The molecule has 8 amide bonds. The van der Waals surface area contributed by atoms with Crippen molar-refractivity contribution in [1.82, 2.24) is 50.5 Å². The number of amides is 8. The first-order chi connectivity index (χ1) is 46.4. The number of alkyl carbamates (subject to hydrolysis) is 2. The Balaban J connectivity index is 0.000000360. The molecular weight excluding hydrogens is 1470 g/mol. The first-order valence-corrected chi connectivity index (χ1v) is 36.9. The molecule has 574 valence electrons. The van der Waals surface area contributed by atoms with E-state index >= 15 is 0 Å². The van der Waals surface area contributed by atoms with Crippen LogP contribution < -0.4 is 49.7 Å². The number of aromatic nitrogens is 2. The van der Waals surface area contributed by atoms with Crippen molar-refractivity contribution in [3.8, 4) is 23.3 Å². The number of carbonyl (C=O) groups is 8. The van der Waals surface area contributed by atoms with E-state index in [1.54, 1.807) is 128 Å². The van der Waals surface area contributed by atoms with Crippen molar-refractivity contribution in [1.29, 1.82) is 0 Å². The fraction of sp³-hybridized carbons (Fsp3) is 0.614. The van der Waals surface area contributed by atoms with E-state index in [1.165, 1.54) is 23.6 Å².